The van der Waals surface area contributed by atoms with Crippen molar-refractivity contribution < 1.29 is 27.5 Å². The first-order valence-electron chi connectivity index (χ1n) is 8.23. The van der Waals surface area contributed by atoms with Gasteiger partial charge >= 0.3 is 18.1 Å². The molecular formula is C17H22F3N3O3. The summed E-state index contributed by atoms with van der Waals surface area (Å²) < 4.78 is 42.7. The van der Waals surface area contributed by atoms with E-state index in [1.54, 1.807) is 6.07 Å². The van der Waals surface area contributed by atoms with E-state index in [4.69, 9.17) is 4.74 Å². The van der Waals surface area contributed by atoms with Crippen LogP contribution in [-0.2, 0) is 9.53 Å². The molecule has 26 heavy (non-hydrogen) atoms. The van der Waals surface area contributed by atoms with Crippen LogP contribution >= 0.6 is 0 Å². The number of alkyl halides is 3. The highest BCUT2D eigenvalue weighted by atomic mass is 19.4. The van der Waals surface area contributed by atoms with E-state index in [2.05, 4.69) is 11.8 Å². The molecule has 9 heteroatoms. The van der Waals surface area contributed by atoms with Gasteiger partial charge in [-0.2, -0.15) is 13.2 Å². The fraction of sp³-hybridized carbons (Fsp3) is 0.529. The van der Waals surface area contributed by atoms with Crippen molar-refractivity contribution in [1.29, 1.82) is 0 Å². The van der Waals surface area contributed by atoms with Gasteiger partial charge in [0.2, 0.25) is 0 Å². The Morgan fingerprint density at radius 1 is 1.19 bits per heavy atom. The zero-order valence-electron chi connectivity index (χ0n) is 15.0. The first-order valence-corrected chi connectivity index (χ1v) is 8.23. The number of carbonyl (C=O) groups excluding carboxylic acids is 2. The van der Waals surface area contributed by atoms with Crippen molar-refractivity contribution in [3.63, 3.8) is 0 Å². The lowest BCUT2D eigenvalue weighted by molar-refractivity contribution is -0.170. The van der Waals surface area contributed by atoms with Crippen LogP contribution in [0.15, 0.2) is 18.2 Å². The summed E-state index contributed by atoms with van der Waals surface area (Å²) in [5, 5.41) is 0. The van der Waals surface area contributed by atoms with E-state index in [1.807, 2.05) is 4.90 Å². The molecule has 6 nitrogen and oxygen atoms in total. The number of ether oxygens (including phenoxy) is 1. The quantitative estimate of drug-likeness (QED) is 0.757. The molecule has 0 spiro atoms. The number of anilines is 2. The molecule has 1 aromatic rings. The summed E-state index contributed by atoms with van der Waals surface area (Å²) >= 11 is 0. The molecule has 0 saturated carbocycles. The maximum Gasteiger partial charge on any atom is 0.471 e. The zero-order valence-corrected chi connectivity index (χ0v) is 15.0. The standard InChI is InChI=1S/C17H22F3N3O3/c1-4-22-7-9-23(10-8-22)14-6-5-12(11-13(14)15(24)26-3)21(2)16(25)17(18,19)20/h5-6,11H,4,7-10H2,1-3H3. The minimum absolute atomic E-state index is 0.0244. The van der Waals surface area contributed by atoms with Crippen LogP contribution in [-0.4, -0.2) is 69.8 Å². The molecule has 1 aliphatic heterocycles. The predicted molar refractivity (Wildman–Crippen MR) is 91.6 cm³/mol. The van der Waals surface area contributed by atoms with E-state index >= 15 is 0 Å². The Bertz CT molecular complexity index is 671. The number of carbonyl (C=O) groups is 2. The molecule has 0 N–H and O–H groups in total. The second-order valence-corrected chi connectivity index (χ2v) is 5.98. The Kier molecular flexibility index (Phi) is 6.12. The monoisotopic (exact) mass is 373 g/mol. The lowest BCUT2D eigenvalue weighted by Crippen LogP contribution is -2.46. The Morgan fingerprint density at radius 2 is 1.81 bits per heavy atom. The fourth-order valence-corrected chi connectivity index (χ4v) is 2.89. The molecule has 144 valence electrons. The third-order valence-corrected chi connectivity index (χ3v) is 4.48. The van der Waals surface area contributed by atoms with Crippen LogP contribution in [0.1, 0.15) is 17.3 Å². The molecule has 1 heterocycles. The smallest absolute Gasteiger partial charge is 0.465 e. The minimum atomic E-state index is -4.99. The molecule has 2 rings (SSSR count). The van der Waals surface area contributed by atoms with Gasteiger partial charge in [-0.3, -0.25) is 4.79 Å². The number of hydrogen-bond donors (Lipinski definition) is 0. The molecule has 0 aliphatic carbocycles. The van der Waals surface area contributed by atoms with Crippen molar-refractivity contribution >= 4 is 23.3 Å². The number of piperazine rings is 1. The molecule has 1 fully saturated rings. The second kappa shape index (κ2) is 7.94. The molecule has 0 atom stereocenters. The highest BCUT2D eigenvalue weighted by Crippen LogP contribution is 2.29. The summed E-state index contributed by atoms with van der Waals surface area (Å²) in [6, 6.07) is 4.22. The number of nitrogens with zero attached hydrogens (tertiary/aromatic N) is 3. The third-order valence-electron chi connectivity index (χ3n) is 4.48. The van der Waals surface area contributed by atoms with Crippen molar-refractivity contribution in [2.24, 2.45) is 0 Å². The molecule has 1 aliphatic rings. The van der Waals surface area contributed by atoms with Crippen LogP contribution in [0.4, 0.5) is 24.5 Å². The number of halogens is 3. The average molecular weight is 373 g/mol. The predicted octanol–water partition coefficient (Wildman–Crippen LogP) is 2.14. The molecule has 1 amide bonds. The van der Waals surface area contributed by atoms with E-state index in [0.29, 0.717) is 23.7 Å². The lowest BCUT2D eigenvalue weighted by Gasteiger charge is -2.36. The third kappa shape index (κ3) is 4.27. The van der Waals surface area contributed by atoms with Crippen LogP contribution in [0.3, 0.4) is 0 Å². The van der Waals surface area contributed by atoms with Gasteiger partial charge in [0.05, 0.1) is 18.4 Å². The number of benzene rings is 1. The fourth-order valence-electron chi connectivity index (χ4n) is 2.89. The van der Waals surface area contributed by atoms with Gasteiger partial charge in [-0.25, -0.2) is 4.79 Å². The Morgan fingerprint density at radius 3 is 2.31 bits per heavy atom. The van der Waals surface area contributed by atoms with Crippen molar-refractivity contribution in [3.8, 4) is 0 Å². The van der Waals surface area contributed by atoms with E-state index < -0.39 is 18.1 Å². The Balaban J connectivity index is 2.33. The average Bonchev–Trinajstić information content (AvgIpc) is 2.65. The first-order chi connectivity index (χ1) is 12.2. The maximum absolute atomic E-state index is 12.7. The second-order valence-electron chi connectivity index (χ2n) is 5.98. The van der Waals surface area contributed by atoms with Crippen LogP contribution in [0.5, 0.6) is 0 Å². The summed E-state index contributed by atoms with van der Waals surface area (Å²) in [5.74, 6) is -2.66. The van der Waals surface area contributed by atoms with Gasteiger partial charge in [0.25, 0.3) is 0 Å². The topological polar surface area (TPSA) is 53.1 Å². The molecular weight excluding hydrogens is 351 g/mol. The van der Waals surface area contributed by atoms with Gasteiger partial charge in [0, 0.05) is 38.9 Å². The maximum atomic E-state index is 12.7. The van der Waals surface area contributed by atoms with Gasteiger partial charge in [0.15, 0.2) is 0 Å². The molecule has 1 aromatic carbocycles. The number of rotatable bonds is 4. The number of likely N-dealkylation sites (N-methyl/N-ethyl adjacent to an activating group) is 1. The van der Waals surface area contributed by atoms with Gasteiger partial charge in [-0.15, -0.1) is 0 Å². The molecule has 0 radical (unpaired) electrons. The molecule has 1 saturated heterocycles. The van der Waals surface area contributed by atoms with Crippen LogP contribution in [0.2, 0.25) is 0 Å². The summed E-state index contributed by atoms with van der Waals surface area (Å²) in [7, 11) is 2.23. The number of hydrogen-bond acceptors (Lipinski definition) is 5. The van der Waals surface area contributed by atoms with Crippen LogP contribution in [0.25, 0.3) is 0 Å². The number of methoxy groups -OCH3 is 1. The summed E-state index contributed by atoms with van der Waals surface area (Å²) in [6.07, 6.45) is -4.99. The van der Waals surface area contributed by atoms with Gasteiger partial charge < -0.3 is 19.4 Å². The van der Waals surface area contributed by atoms with Crippen molar-refractivity contribution in [3.05, 3.63) is 23.8 Å². The highest BCUT2D eigenvalue weighted by Gasteiger charge is 2.42. The van der Waals surface area contributed by atoms with Crippen molar-refractivity contribution in [1.82, 2.24) is 4.90 Å². The Hall–Kier alpha value is -2.29. The van der Waals surface area contributed by atoms with Crippen molar-refractivity contribution in [2.75, 3.05) is 56.7 Å². The Labute approximate surface area is 150 Å². The largest absolute Gasteiger partial charge is 0.471 e. The molecule has 0 bridgehead atoms. The SMILES string of the molecule is CCN1CCN(c2ccc(N(C)C(=O)C(F)(F)F)cc2C(=O)OC)CC1. The highest BCUT2D eigenvalue weighted by molar-refractivity contribution is 6.01. The van der Waals surface area contributed by atoms with E-state index in [-0.39, 0.29) is 11.3 Å². The molecule has 0 unspecified atom stereocenters. The van der Waals surface area contributed by atoms with Gasteiger partial charge in [0.1, 0.15) is 0 Å². The van der Waals surface area contributed by atoms with E-state index in [0.717, 1.165) is 26.7 Å². The van der Waals surface area contributed by atoms with Crippen molar-refractivity contribution in [2.45, 2.75) is 13.1 Å². The first kappa shape index (κ1) is 20.0. The van der Waals surface area contributed by atoms with E-state index in [9.17, 15) is 22.8 Å². The summed E-state index contributed by atoms with van der Waals surface area (Å²) in [6.45, 7) is 6.03. The lowest BCUT2D eigenvalue weighted by atomic mass is 10.1. The van der Waals surface area contributed by atoms with E-state index in [1.165, 1.54) is 19.2 Å². The summed E-state index contributed by atoms with van der Waals surface area (Å²) in [4.78, 5) is 28.3. The minimum Gasteiger partial charge on any atom is -0.465 e. The number of esters is 1. The number of amides is 1. The van der Waals surface area contributed by atoms with Crippen LogP contribution in [0, 0.1) is 0 Å². The zero-order chi connectivity index (χ0) is 19.5. The summed E-state index contributed by atoms with van der Waals surface area (Å²) in [5.41, 5.74) is 0.699. The van der Waals surface area contributed by atoms with Gasteiger partial charge in [-0.05, 0) is 24.7 Å². The van der Waals surface area contributed by atoms with Crippen LogP contribution < -0.4 is 9.80 Å². The van der Waals surface area contributed by atoms with Gasteiger partial charge in [-0.1, -0.05) is 6.92 Å². The molecule has 0 aromatic heterocycles. The normalized spacial score (nSPS) is 15.7.